The first-order valence-corrected chi connectivity index (χ1v) is 7.71. The molecule has 2 heteroatoms. The lowest BCUT2D eigenvalue weighted by atomic mass is 10.00. The molecule has 0 radical (unpaired) electrons. The van der Waals surface area contributed by atoms with Crippen molar-refractivity contribution >= 4 is 12.0 Å². The van der Waals surface area contributed by atoms with Crippen molar-refractivity contribution in [3.05, 3.63) is 41.5 Å². The van der Waals surface area contributed by atoms with Gasteiger partial charge in [-0.15, -0.1) is 0 Å². The molecule has 0 atom stereocenters. The molecule has 0 N–H and O–H groups in total. The first-order chi connectivity index (χ1) is 9.74. The summed E-state index contributed by atoms with van der Waals surface area (Å²) in [6.45, 7) is 2.23. The summed E-state index contributed by atoms with van der Waals surface area (Å²) in [5.41, 5.74) is 2.21. The van der Waals surface area contributed by atoms with Crippen LogP contribution in [0.25, 0.3) is 6.08 Å². The number of carboxylic acid groups (broad SMARTS) is 1. The van der Waals surface area contributed by atoms with Gasteiger partial charge in [0.1, 0.15) is 0 Å². The number of rotatable bonds is 10. The molecule has 0 fully saturated rings. The third kappa shape index (κ3) is 7.13. The highest BCUT2D eigenvalue weighted by Crippen LogP contribution is 2.15. The van der Waals surface area contributed by atoms with Crippen molar-refractivity contribution in [2.75, 3.05) is 0 Å². The Morgan fingerprint density at radius 1 is 1.05 bits per heavy atom. The third-order valence-corrected chi connectivity index (χ3v) is 3.50. The SMILES string of the molecule is CCCCCCCCCc1ccccc1/C=C/C(=O)[O-]. The van der Waals surface area contributed by atoms with Crippen LogP contribution in [0.5, 0.6) is 0 Å². The van der Waals surface area contributed by atoms with Crippen LogP contribution in [0.2, 0.25) is 0 Å². The van der Waals surface area contributed by atoms with Gasteiger partial charge in [-0.25, -0.2) is 0 Å². The van der Waals surface area contributed by atoms with Gasteiger partial charge in [0, 0.05) is 0 Å². The molecule has 0 unspecified atom stereocenters. The first-order valence-electron chi connectivity index (χ1n) is 7.71. The lowest BCUT2D eigenvalue weighted by molar-refractivity contribution is -0.297. The molecule has 0 heterocycles. The second kappa shape index (κ2) is 10.2. The Morgan fingerprint density at radius 2 is 1.70 bits per heavy atom. The van der Waals surface area contributed by atoms with Crippen LogP contribution in [0.15, 0.2) is 30.3 Å². The van der Waals surface area contributed by atoms with Crippen molar-refractivity contribution in [3.63, 3.8) is 0 Å². The highest BCUT2D eigenvalue weighted by Gasteiger charge is 1.99. The number of hydrogen-bond acceptors (Lipinski definition) is 2. The molecular weight excluding hydrogens is 248 g/mol. The zero-order chi connectivity index (χ0) is 14.6. The predicted molar refractivity (Wildman–Crippen MR) is 82.2 cm³/mol. The second-order valence-electron chi connectivity index (χ2n) is 5.22. The molecule has 0 saturated heterocycles. The summed E-state index contributed by atoms with van der Waals surface area (Å²) in [6, 6.07) is 7.97. The molecule has 0 saturated carbocycles. The fraction of sp³-hybridized carbons (Fsp3) is 0.500. The molecule has 1 rings (SSSR count). The van der Waals surface area contributed by atoms with Gasteiger partial charge in [0.15, 0.2) is 0 Å². The third-order valence-electron chi connectivity index (χ3n) is 3.50. The molecule has 0 aliphatic rings. The number of carboxylic acids is 1. The van der Waals surface area contributed by atoms with Crippen LogP contribution < -0.4 is 5.11 Å². The van der Waals surface area contributed by atoms with Gasteiger partial charge in [-0.3, -0.25) is 0 Å². The average molecular weight is 273 g/mol. The molecule has 110 valence electrons. The van der Waals surface area contributed by atoms with Gasteiger partial charge < -0.3 is 9.90 Å². The van der Waals surface area contributed by atoms with Crippen molar-refractivity contribution < 1.29 is 9.90 Å². The van der Waals surface area contributed by atoms with E-state index >= 15 is 0 Å². The predicted octanol–water partition coefficient (Wildman–Crippen LogP) is 3.74. The van der Waals surface area contributed by atoms with Crippen LogP contribution >= 0.6 is 0 Å². The van der Waals surface area contributed by atoms with E-state index in [1.54, 1.807) is 6.08 Å². The summed E-state index contributed by atoms with van der Waals surface area (Å²) >= 11 is 0. The number of aryl methyl sites for hydroxylation is 1. The molecule has 1 aromatic carbocycles. The summed E-state index contributed by atoms with van der Waals surface area (Å²) in [5.74, 6) is -1.14. The van der Waals surface area contributed by atoms with E-state index in [2.05, 4.69) is 13.0 Å². The van der Waals surface area contributed by atoms with Gasteiger partial charge in [-0.2, -0.15) is 0 Å². The largest absolute Gasteiger partial charge is 0.545 e. The average Bonchev–Trinajstić information content (AvgIpc) is 2.45. The minimum absolute atomic E-state index is 0.989. The van der Waals surface area contributed by atoms with E-state index in [1.165, 1.54) is 50.5 Å². The van der Waals surface area contributed by atoms with Crippen LogP contribution in [0, 0.1) is 0 Å². The lowest BCUT2D eigenvalue weighted by Crippen LogP contribution is -2.18. The molecule has 1 aromatic rings. The Morgan fingerprint density at radius 3 is 2.40 bits per heavy atom. The Hall–Kier alpha value is -1.57. The highest BCUT2D eigenvalue weighted by molar-refractivity contribution is 5.83. The standard InChI is InChI=1S/C18H26O2/c1-2-3-4-5-6-7-8-11-16-12-9-10-13-17(16)14-15-18(19)20/h9-10,12-15H,2-8,11H2,1H3,(H,19,20)/p-1/b15-14+. The van der Waals surface area contributed by atoms with E-state index < -0.39 is 5.97 Å². The molecular formula is C18H25O2-. The zero-order valence-electron chi connectivity index (χ0n) is 12.4. The van der Waals surface area contributed by atoms with E-state index in [4.69, 9.17) is 0 Å². The topological polar surface area (TPSA) is 40.1 Å². The number of hydrogen-bond donors (Lipinski definition) is 0. The van der Waals surface area contributed by atoms with E-state index in [0.29, 0.717) is 0 Å². The van der Waals surface area contributed by atoms with Crippen molar-refractivity contribution in [1.82, 2.24) is 0 Å². The van der Waals surface area contributed by atoms with Crippen LogP contribution in [0.4, 0.5) is 0 Å². The summed E-state index contributed by atoms with van der Waals surface area (Å²) < 4.78 is 0. The Balaban J connectivity index is 2.34. The monoisotopic (exact) mass is 273 g/mol. The maximum atomic E-state index is 10.5. The fourth-order valence-electron chi connectivity index (χ4n) is 2.35. The van der Waals surface area contributed by atoms with Gasteiger partial charge in [-0.05, 0) is 30.0 Å². The minimum Gasteiger partial charge on any atom is -0.545 e. The fourth-order valence-corrected chi connectivity index (χ4v) is 2.35. The number of carbonyl (C=O) groups is 1. The maximum absolute atomic E-state index is 10.5. The number of benzene rings is 1. The molecule has 0 aliphatic heterocycles. The van der Waals surface area contributed by atoms with Gasteiger partial charge in [0.25, 0.3) is 0 Å². The number of aliphatic carboxylic acids is 1. The van der Waals surface area contributed by atoms with Crippen molar-refractivity contribution in [1.29, 1.82) is 0 Å². The summed E-state index contributed by atoms with van der Waals surface area (Å²) in [7, 11) is 0. The van der Waals surface area contributed by atoms with Gasteiger partial charge >= 0.3 is 0 Å². The molecule has 2 nitrogen and oxygen atoms in total. The van der Waals surface area contributed by atoms with Crippen LogP contribution in [0.1, 0.15) is 63.0 Å². The van der Waals surface area contributed by atoms with Crippen LogP contribution in [-0.2, 0) is 11.2 Å². The van der Waals surface area contributed by atoms with Crippen molar-refractivity contribution in [2.45, 2.75) is 58.3 Å². The maximum Gasteiger partial charge on any atom is 0.0643 e. The molecule has 0 aliphatic carbocycles. The summed E-state index contributed by atoms with van der Waals surface area (Å²) in [4.78, 5) is 10.5. The quantitative estimate of drug-likeness (QED) is 0.481. The minimum atomic E-state index is -1.14. The normalized spacial score (nSPS) is 11.1. The zero-order valence-corrected chi connectivity index (χ0v) is 12.4. The Labute approximate surface area is 122 Å². The van der Waals surface area contributed by atoms with Gasteiger partial charge in [0.05, 0.1) is 5.97 Å². The van der Waals surface area contributed by atoms with E-state index in [-0.39, 0.29) is 0 Å². The number of carbonyl (C=O) groups excluding carboxylic acids is 1. The second-order valence-corrected chi connectivity index (χ2v) is 5.22. The Bertz CT molecular complexity index is 421. The Kier molecular flexibility index (Phi) is 8.44. The summed E-state index contributed by atoms with van der Waals surface area (Å²) in [5, 5.41) is 10.5. The molecule has 20 heavy (non-hydrogen) atoms. The van der Waals surface area contributed by atoms with E-state index in [0.717, 1.165) is 18.1 Å². The van der Waals surface area contributed by atoms with Crippen molar-refractivity contribution in [3.8, 4) is 0 Å². The first kappa shape index (κ1) is 16.5. The molecule has 0 amide bonds. The van der Waals surface area contributed by atoms with Gasteiger partial charge in [0.2, 0.25) is 0 Å². The molecule has 0 aromatic heterocycles. The lowest BCUT2D eigenvalue weighted by Gasteiger charge is -2.06. The van der Waals surface area contributed by atoms with E-state index in [1.807, 2.05) is 18.2 Å². The summed E-state index contributed by atoms with van der Waals surface area (Å²) in [6.07, 6.45) is 12.8. The van der Waals surface area contributed by atoms with Crippen LogP contribution in [0.3, 0.4) is 0 Å². The number of unbranched alkanes of at least 4 members (excludes halogenated alkanes) is 6. The molecule has 0 spiro atoms. The molecule has 0 bridgehead atoms. The van der Waals surface area contributed by atoms with Crippen LogP contribution in [-0.4, -0.2) is 5.97 Å². The van der Waals surface area contributed by atoms with E-state index in [9.17, 15) is 9.90 Å². The van der Waals surface area contributed by atoms with Gasteiger partial charge in [-0.1, -0.05) is 75.8 Å². The highest BCUT2D eigenvalue weighted by atomic mass is 16.4. The van der Waals surface area contributed by atoms with Crippen molar-refractivity contribution in [2.24, 2.45) is 0 Å². The smallest absolute Gasteiger partial charge is 0.0643 e.